The molecule has 0 aromatic heterocycles. The van der Waals surface area contributed by atoms with Crippen molar-refractivity contribution in [2.45, 2.75) is 26.3 Å². The minimum Gasteiger partial charge on any atom is -0.311 e. The predicted octanol–water partition coefficient (Wildman–Crippen LogP) is 3.37. The molecule has 1 aromatic carbocycles. The highest BCUT2D eigenvalue weighted by Gasteiger charge is 2.00. The van der Waals surface area contributed by atoms with E-state index in [1.807, 2.05) is 13.0 Å². The van der Waals surface area contributed by atoms with E-state index in [-0.39, 0.29) is 6.04 Å². The molecule has 16 heavy (non-hydrogen) atoms. The number of rotatable bonds is 5. The first kappa shape index (κ1) is 12.8. The molecule has 1 rings (SSSR count). The Bertz CT molecular complexity index is 361. The van der Waals surface area contributed by atoms with Gasteiger partial charge in [0.15, 0.2) is 11.6 Å². The SMILES string of the molecule is CCCNC(C)/C=C/c1ccc(F)c(F)c1. The second kappa shape index (κ2) is 6.38. The highest BCUT2D eigenvalue weighted by atomic mass is 19.2. The monoisotopic (exact) mass is 225 g/mol. The smallest absolute Gasteiger partial charge is 0.159 e. The molecule has 0 heterocycles. The van der Waals surface area contributed by atoms with Gasteiger partial charge in [-0.05, 0) is 37.6 Å². The van der Waals surface area contributed by atoms with Gasteiger partial charge in [-0.15, -0.1) is 0 Å². The van der Waals surface area contributed by atoms with E-state index in [9.17, 15) is 8.78 Å². The van der Waals surface area contributed by atoms with Gasteiger partial charge in [0, 0.05) is 6.04 Å². The molecule has 0 aliphatic rings. The van der Waals surface area contributed by atoms with Crippen LogP contribution in [-0.4, -0.2) is 12.6 Å². The number of hydrogen-bond donors (Lipinski definition) is 1. The summed E-state index contributed by atoms with van der Waals surface area (Å²) in [6, 6.07) is 4.12. The van der Waals surface area contributed by atoms with Crippen molar-refractivity contribution in [3.05, 3.63) is 41.5 Å². The van der Waals surface area contributed by atoms with Gasteiger partial charge in [-0.1, -0.05) is 25.1 Å². The van der Waals surface area contributed by atoms with Crippen molar-refractivity contribution in [3.8, 4) is 0 Å². The molecule has 1 N–H and O–H groups in total. The molecular weight excluding hydrogens is 208 g/mol. The highest BCUT2D eigenvalue weighted by molar-refractivity contribution is 5.49. The van der Waals surface area contributed by atoms with Crippen molar-refractivity contribution >= 4 is 6.08 Å². The van der Waals surface area contributed by atoms with Crippen LogP contribution in [0.25, 0.3) is 6.08 Å². The topological polar surface area (TPSA) is 12.0 Å². The normalized spacial score (nSPS) is 13.2. The van der Waals surface area contributed by atoms with Gasteiger partial charge in [-0.25, -0.2) is 8.78 Å². The minimum atomic E-state index is -0.811. The Morgan fingerprint density at radius 2 is 2.06 bits per heavy atom. The summed E-state index contributed by atoms with van der Waals surface area (Å²) >= 11 is 0. The second-order valence-electron chi connectivity index (χ2n) is 3.78. The lowest BCUT2D eigenvalue weighted by atomic mass is 10.1. The summed E-state index contributed by atoms with van der Waals surface area (Å²) in [5.74, 6) is -1.62. The molecule has 1 atom stereocenters. The van der Waals surface area contributed by atoms with Gasteiger partial charge in [-0.3, -0.25) is 0 Å². The van der Waals surface area contributed by atoms with Crippen molar-refractivity contribution in [3.63, 3.8) is 0 Å². The van der Waals surface area contributed by atoms with Crippen molar-refractivity contribution in [1.82, 2.24) is 5.32 Å². The quantitative estimate of drug-likeness (QED) is 0.810. The molecule has 0 aliphatic carbocycles. The number of nitrogens with one attached hydrogen (secondary N) is 1. The Labute approximate surface area is 95.2 Å². The lowest BCUT2D eigenvalue weighted by molar-refractivity contribution is 0.508. The van der Waals surface area contributed by atoms with Crippen molar-refractivity contribution < 1.29 is 8.78 Å². The Morgan fingerprint density at radius 3 is 2.69 bits per heavy atom. The van der Waals surface area contributed by atoms with Crippen LogP contribution >= 0.6 is 0 Å². The average molecular weight is 225 g/mol. The Balaban J connectivity index is 2.58. The summed E-state index contributed by atoms with van der Waals surface area (Å²) < 4.78 is 25.5. The molecule has 0 radical (unpaired) electrons. The fourth-order valence-electron chi connectivity index (χ4n) is 1.31. The van der Waals surface area contributed by atoms with Gasteiger partial charge in [-0.2, -0.15) is 0 Å². The second-order valence-corrected chi connectivity index (χ2v) is 3.78. The minimum absolute atomic E-state index is 0.230. The van der Waals surface area contributed by atoms with Gasteiger partial charge in [0.1, 0.15) is 0 Å². The van der Waals surface area contributed by atoms with Crippen LogP contribution in [0.4, 0.5) is 8.78 Å². The van der Waals surface area contributed by atoms with Gasteiger partial charge in [0.05, 0.1) is 0 Å². The van der Waals surface area contributed by atoms with E-state index >= 15 is 0 Å². The number of hydrogen-bond acceptors (Lipinski definition) is 1. The lowest BCUT2D eigenvalue weighted by Gasteiger charge is -2.07. The molecule has 0 bridgehead atoms. The van der Waals surface area contributed by atoms with Crippen molar-refractivity contribution in [2.75, 3.05) is 6.54 Å². The van der Waals surface area contributed by atoms with Crippen molar-refractivity contribution in [2.24, 2.45) is 0 Å². The van der Waals surface area contributed by atoms with Crippen LogP contribution in [0.1, 0.15) is 25.8 Å². The molecule has 0 saturated carbocycles. The van der Waals surface area contributed by atoms with Crippen LogP contribution in [0, 0.1) is 11.6 Å². The molecule has 0 fully saturated rings. The molecule has 1 nitrogen and oxygen atoms in total. The van der Waals surface area contributed by atoms with Crippen LogP contribution in [0.3, 0.4) is 0 Å². The maximum Gasteiger partial charge on any atom is 0.159 e. The molecule has 88 valence electrons. The van der Waals surface area contributed by atoms with Crippen LogP contribution in [-0.2, 0) is 0 Å². The third-order valence-corrected chi connectivity index (χ3v) is 2.24. The molecule has 0 spiro atoms. The van der Waals surface area contributed by atoms with E-state index in [1.165, 1.54) is 6.07 Å². The molecular formula is C13H17F2N. The lowest BCUT2D eigenvalue weighted by Crippen LogP contribution is -2.24. The molecule has 0 aliphatic heterocycles. The maximum atomic E-state index is 12.9. The van der Waals surface area contributed by atoms with E-state index in [2.05, 4.69) is 12.2 Å². The fourth-order valence-corrected chi connectivity index (χ4v) is 1.31. The molecule has 0 saturated heterocycles. The molecule has 3 heteroatoms. The zero-order valence-corrected chi connectivity index (χ0v) is 9.63. The summed E-state index contributed by atoms with van der Waals surface area (Å²) in [4.78, 5) is 0. The summed E-state index contributed by atoms with van der Waals surface area (Å²) in [5, 5.41) is 3.27. The van der Waals surface area contributed by atoms with Gasteiger partial charge in [0.25, 0.3) is 0 Å². The van der Waals surface area contributed by atoms with Gasteiger partial charge < -0.3 is 5.32 Å². The van der Waals surface area contributed by atoms with Gasteiger partial charge >= 0.3 is 0 Å². The first-order chi connectivity index (χ1) is 7.63. The third kappa shape index (κ3) is 4.11. The zero-order chi connectivity index (χ0) is 12.0. The Morgan fingerprint density at radius 1 is 1.31 bits per heavy atom. The van der Waals surface area contributed by atoms with E-state index < -0.39 is 11.6 Å². The largest absolute Gasteiger partial charge is 0.311 e. The standard InChI is InChI=1S/C13H17F2N/c1-3-8-16-10(2)4-5-11-6-7-12(14)13(15)9-11/h4-7,9-10,16H,3,8H2,1-2H3/b5-4+. The first-order valence-corrected chi connectivity index (χ1v) is 5.50. The van der Waals surface area contributed by atoms with E-state index in [4.69, 9.17) is 0 Å². The summed E-state index contributed by atoms with van der Waals surface area (Å²) in [6.45, 7) is 5.06. The van der Waals surface area contributed by atoms with E-state index in [1.54, 1.807) is 12.1 Å². The molecule has 0 amide bonds. The fraction of sp³-hybridized carbons (Fsp3) is 0.385. The maximum absolute atomic E-state index is 12.9. The summed E-state index contributed by atoms with van der Waals surface area (Å²) in [7, 11) is 0. The summed E-state index contributed by atoms with van der Waals surface area (Å²) in [5.41, 5.74) is 0.670. The number of benzene rings is 1. The van der Waals surface area contributed by atoms with Crippen LogP contribution in [0.2, 0.25) is 0 Å². The predicted molar refractivity (Wildman–Crippen MR) is 63.1 cm³/mol. The molecule has 1 aromatic rings. The average Bonchev–Trinajstić information content (AvgIpc) is 2.28. The Kier molecular flexibility index (Phi) is 5.12. The zero-order valence-electron chi connectivity index (χ0n) is 9.63. The first-order valence-electron chi connectivity index (χ1n) is 5.50. The number of halogens is 2. The van der Waals surface area contributed by atoms with Crippen molar-refractivity contribution in [1.29, 1.82) is 0 Å². The molecule has 1 unspecified atom stereocenters. The van der Waals surface area contributed by atoms with Gasteiger partial charge in [0.2, 0.25) is 0 Å². The highest BCUT2D eigenvalue weighted by Crippen LogP contribution is 2.10. The Hall–Kier alpha value is -1.22. The summed E-state index contributed by atoms with van der Waals surface area (Å²) in [6.07, 6.45) is 4.79. The third-order valence-electron chi connectivity index (χ3n) is 2.24. The van der Waals surface area contributed by atoms with Crippen LogP contribution < -0.4 is 5.32 Å². The van der Waals surface area contributed by atoms with Crippen LogP contribution in [0.15, 0.2) is 24.3 Å². The van der Waals surface area contributed by atoms with E-state index in [0.29, 0.717) is 5.56 Å². The van der Waals surface area contributed by atoms with Crippen LogP contribution in [0.5, 0.6) is 0 Å². The van der Waals surface area contributed by atoms with E-state index in [0.717, 1.165) is 19.0 Å².